The first-order valence-electron chi connectivity index (χ1n) is 34.7. The fourth-order valence-corrected chi connectivity index (χ4v) is 10.8. The Balaban J connectivity index is 4.28. The Bertz CT molecular complexity index is 1180. The zero-order chi connectivity index (χ0) is 55.0. The molecule has 0 spiro atoms. The molecule has 0 aromatic rings. The molecule has 450 valence electrons. The maximum atomic E-state index is 12.9. The molecule has 0 aliphatic rings. The van der Waals surface area contributed by atoms with Crippen molar-refractivity contribution < 1.29 is 28.6 Å². The van der Waals surface area contributed by atoms with Crippen LogP contribution in [0.3, 0.4) is 0 Å². The van der Waals surface area contributed by atoms with Crippen LogP contribution in [0.5, 0.6) is 0 Å². The van der Waals surface area contributed by atoms with Crippen molar-refractivity contribution in [3.8, 4) is 0 Å². The highest BCUT2D eigenvalue weighted by Crippen LogP contribution is 2.19. The van der Waals surface area contributed by atoms with Gasteiger partial charge in [0.1, 0.15) is 13.2 Å². The second-order valence-corrected chi connectivity index (χ2v) is 23.8. The Hall–Kier alpha value is -1.85. The van der Waals surface area contributed by atoms with Crippen molar-refractivity contribution in [1.29, 1.82) is 0 Å². The number of hydrogen-bond donors (Lipinski definition) is 0. The van der Waals surface area contributed by atoms with E-state index in [1.54, 1.807) is 0 Å². The van der Waals surface area contributed by atoms with Gasteiger partial charge in [-0.25, -0.2) is 0 Å². The first-order chi connectivity index (χ1) is 37.5. The van der Waals surface area contributed by atoms with E-state index in [-0.39, 0.29) is 31.1 Å². The Morgan fingerprint density at radius 1 is 0.250 bits per heavy atom. The molecule has 0 aliphatic carbocycles. The number of esters is 3. The van der Waals surface area contributed by atoms with Gasteiger partial charge in [-0.2, -0.15) is 0 Å². The van der Waals surface area contributed by atoms with Crippen LogP contribution in [-0.4, -0.2) is 37.2 Å². The van der Waals surface area contributed by atoms with Crippen LogP contribution in [0.15, 0.2) is 12.2 Å². The SMILES string of the molecule is CCCCCCCCC/C=C\CCCCCCCCCC(=O)OC(COC(=O)CCCCCCCCCCCCCCCCCCCC)COC(=O)CCCCCCCCCCCCCCCCCCCCCCCC. The Morgan fingerprint density at radius 3 is 0.658 bits per heavy atom. The minimum atomic E-state index is -0.769. The van der Waals surface area contributed by atoms with Gasteiger partial charge in [-0.05, 0) is 44.9 Å². The minimum absolute atomic E-state index is 0.0648. The third-order valence-corrected chi connectivity index (χ3v) is 16.0. The lowest BCUT2D eigenvalue weighted by molar-refractivity contribution is -0.167. The van der Waals surface area contributed by atoms with Crippen LogP contribution in [0, 0.1) is 0 Å². The number of ether oxygens (including phenoxy) is 3. The van der Waals surface area contributed by atoms with Gasteiger partial charge in [-0.15, -0.1) is 0 Å². The molecule has 1 unspecified atom stereocenters. The molecule has 0 saturated heterocycles. The summed E-state index contributed by atoms with van der Waals surface area (Å²) in [6.45, 7) is 6.73. The summed E-state index contributed by atoms with van der Waals surface area (Å²) in [5.74, 6) is -0.833. The van der Waals surface area contributed by atoms with Crippen molar-refractivity contribution in [2.75, 3.05) is 13.2 Å². The zero-order valence-corrected chi connectivity index (χ0v) is 51.8. The number of carbonyl (C=O) groups is 3. The van der Waals surface area contributed by atoms with Gasteiger partial charge in [0.2, 0.25) is 0 Å². The Labute approximate surface area is 475 Å². The largest absolute Gasteiger partial charge is 0.462 e. The molecule has 76 heavy (non-hydrogen) atoms. The number of allylic oxidation sites excluding steroid dienone is 2. The molecule has 0 aromatic heterocycles. The average molecular weight is 1070 g/mol. The van der Waals surface area contributed by atoms with E-state index in [0.29, 0.717) is 19.3 Å². The van der Waals surface area contributed by atoms with Gasteiger partial charge in [0.15, 0.2) is 6.10 Å². The summed E-state index contributed by atoms with van der Waals surface area (Å²) in [7, 11) is 0. The van der Waals surface area contributed by atoms with Crippen LogP contribution < -0.4 is 0 Å². The van der Waals surface area contributed by atoms with E-state index in [2.05, 4.69) is 32.9 Å². The second-order valence-electron chi connectivity index (χ2n) is 23.8. The molecule has 0 N–H and O–H groups in total. The quantitative estimate of drug-likeness (QED) is 0.0261. The highest BCUT2D eigenvalue weighted by molar-refractivity contribution is 5.71. The van der Waals surface area contributed by atoms with Crippen LogP contribution in [-0.2, 0) is 28.6 Å². The van der Waals surface area contributed by atoms with E-state index in [9.17, 15) is 14.4 Å². The van der Waals surface area contributed by atoms with E-state index in [1.807, 2.05) is 0 Å². The van der Waals surface area contributed by atoms with Gasteiger partial charge in [0, 0.05) is 19.3 Å². The summed E-state index contributed by atoms with van der Waals surface area (Å²) < 4.78 is 17.0. The van der Waals surface area contributed by atoms with Gasteiger partial charge in [0.25, 0.3) is 0 Å². The van der Waals surface area contributed by atoms with E-state index in [0.717, 1.165) is 57.8 Å². The summed E-state index contributed by atoms with van der Waals surface area (Å²) in [6, 6.07) is 0. The number of hydrogen-bond acceptors (Lipinski definition) is 6. The van der Waals surface area contributed by atoms with E-state index in [1.165, 1.54) is 302 Å². The number of unbranched alkanes of at least 4 members (excludes halogenated alkanes) is 52. The molecule has 6 nitrogen and oxygen atoms in total. The molecule has 0 bridgehead atoms. The minimum Gasteiger partial charge on any atom is -0.462 e. The zero-order valence-electron chi connectivity index (χ0n) is 51.8. The van der Waals surface area contributed by atoms with Crippen molar-refractivity contribution in [2.24, 2.45) is 0 Å². The molecule has 0 amide bonds. The molecule has 0 heterocycles. The van der Waals surface area contributed by atoms with Gasteiger partial charge in [0.05, 0.1) is 0 Å². The normalized spacial score (nSPS) is 12.0. The highest BCUT2D eigenvalue weighted by atomic mass is 16.6. The summed E-state index contributed by atoms with van der Waals surface area (Å²) in [5.41, 5.74) is 0. The van der Waals surface area contributed by atoms with Gasteiger partial charge < -0.3 is 14.2 Å². The van der Waals surface area contributed by atoms with Gasteiger partial charge >= 0.3 is 17.9 Å². The van der Waals surface area contributed by atoms with Crippen LogP contribution in [0.1, 0.15) is 400 Å². The van der Waals surface area contributed by atoms with Crippen molar-refractivity contribution >= 4 is 17.9 Å². The Kier molecular flexibility index (Phi) is 64.1. The van der Waals surface area contributed by atoms with E-state index >= 15 is 0 Å². The molecule has 1 atom stereocenters. The second kappa shape index (κ2) is 65.7. The molecular formula is C70H134O6. The molecular weight excluding hydrogens is 937 g/mol. The summed E-state index contributed by atoms with van der Waals surface area (Å²) in [4.78, 5) is 38.4. The average Bonchev–Trinajstić information content (AvgIpc) is 3.42. The molecule has 0 aromatic carbocycles. The molecule has 0 radical (unpaired) electrons. The van der Waals surface area contributed by atoms with Crippen LogP contribution in [0.2, 0.25) is 0 Å². The van der Waals surface area contributed by atoms with Crippen LogP contribution in [0.25, 0.3) is 0 Å². The number of rotatable bonds is 65. The van der Waals surface area contributed by atoms with Crippen LogP contribution in [0.4, 0.5) is 0 Å². The first kappa shape index (κ1) is 74.2. The van der Waals surface area contributed by atoms with E-state index < -0.39 is 6.10 Å². The van der Waals surface area contributed by atoms with Gasteiger partial charge in [-0.1, -0.05) is 348 Å². The Morgan fingerprint density at radius 2 is 0.434 bits per heavy atom. The smallest absolute Gasteiger partial charge is 0.306 e. The van der Waals surface area contributed by atoms with Crippen molar-refractivity contribution in [1.82, 2.24) is 0 Å². The fourth-order valence-electron chi connectivity index (χ4n) is 10.8. The summed E-state index contributed by atoms with van der Waals surface area (Å²) in [5, 5.41) is 0. The van der Waals surface area contributed by atoms with Crippen molar-refractivity contribution in [3.05, 3.63) is 12.2 Å². The third kappa shape index (κ3) is 63.0. The third-order valence-electron chi connectivity index (χ3n) is 16.0. The predicted octanol–water partition coefficient (Wildman–Crippen LogP) is 23.6. The molecule has 0 aliphatic heterocycles. The molecule has 6 heteroatoms. The molecule has 0 fully saturated rings. The van der Waals surface area contributed by atoms with Crippen molar-refractivity contribution in [2.45, 2.75) is 406 Å². The van der Waals surface area contributed by atoms with Gasteiger partial charge in [-0.3, -0.25) is 14.4 Å². The maximum Gasteiger partial charge on any atom is 0.306 e. The summed E-state index contributed by atoms with van der Waals surface area (Å²) in [6.07, 6.45) is 78.0. The standard InChI is InChI=1S/C70H134O6/c1-4-7-10-13-16-19-22-25-28-31-34-35-36-37-40-42-45-48-51-54-57-60-63-69(72)75-66-67(76-70(73)64-61-58-55-52-49-46-43-39-33-30-27-24-21-18-15-12-9-6-3)65-74-68(71)62-59-56-53-50-47-44-41-38-32-29-26-23-20-17-14-11-8-5-2/h30,33,67H,4-29,31-32,34-66H2,1-3H3/b33-30-. The lowest BCUT2D eigenvalue weighted by Crippen LogP contribution is -2.30. The fraction of sp³-hybridized carbons (Fsp3) is 0.929. The molecule has 0 rings (SSSR count). The van der Waals surface area contributed by atoms with E-state index in [4.69, 9.17) is 14.2 Å². The summed E-state index contributed by atoms with van der Waals surface area (Å²) >= 11 is 0. The first-order valence-corrected chi connectivity index (χ1v) is 34.7. The predicted molar refractivity (Wildman–Crippen MR) is 330 cm³/mol. The lowest BCUT2D eigenvalue weighted by atomic mass is 10.0. The highest BCUT2D eigenvalue weighted by Gasteiger charge is 2.19. The van der Waals surface area contributed by atoms with Crippen molar-refractivity contribution in [3.63, 3.8) is 0 Å². The topological polar surface area (TPSA) is 78.9 Å². The lowest BCUT2D eigenvalue weighted by Gasteiger charge is -2.18. The number of carbonyl (C=O) groups excluding carboxylic acids is 3. The maximum absolute atomic E-state index is 12.9. The molecule has 0 saturated carbocycles. The van der Waals surface area contributed by atoms with Crippen LogP contribution >= 0.6 is 0 Å². The monoisotopic (exact) mass is 1070 g/mol.